The lowest BCUT2D eigenvalue weighted by atomic mass is 10.1. The van der Waals surface area contributed by atoms with Gasteiger partial charge in [0.05, 0.1) is 17.5 Å². The Morgan fingerprint density at radius 2 is 1.53 bits per heavy atom. The highest BCUT2D eigenvalue weighted by molar-refractivity contribution is 9.10. The summed E-state index contributed by atoms with van der Waals surface area (Å²) in [4.78, 5) is 12.9. The van der Waals surface area contributed by atoms with E-state index in [-0.39, 0.29) is 24.0 Å². The summed E-state index contributed by atoms with van der Waals surface area (Å²) in [6.45, 7) is 1.48. The highest BCUT2D eigenvalue weighted by atomic mass is 79.9. The molecule has 0 heterocycles. The van der Waals surface area contributed by atoms with Crippen molar-refractivity contribution in [3.05, 3.63) is 97.9 Å². The molecule has 3 aromatic carbocycles. The minimum Gasteiger partial charge on any atom is -0.348 e. The Morgan fingerprint density at radius 3 is 2.12 bits per heavy atom. The van der Waals surface area contributed by atoms with Crippen molar-refractivity contribution in [2.75, 3.05) is 6.54 Å². The number of rotatable bonds is 8. The number of nitrogens with one attached hydrogen (secondary N) is 1. The number of halogens is 3. The average Bonchev–Trinajstić information content (AvgIpc) is 2.75. The van der Waals surface area contributed by atoms with Crippen molar-refractivity contribution in [2.24, 2.45) is 0 Å². The van der Waals surface area contributed by atoms with Crippen molar-refractivity contribution in [3.8, 4) is 0 Å². The summed E-state index contributed by atoms with van der Waals surface area (Å²) in [5.74, 6) is -0.409. The normalized spacial score (nSPS) is 12.5. The van der Waals surface area contributed by atoms with Crippen molar-refractivity contribution >= 4 is 59.4 Å². The van der Waals surface area contributed by atoms with Crippen LogP contribution in [0.4, 0.5) is 0 Å². The van der Waals surface area contributed by atoms with Crippen LogP contribution in [0, 0.1) is 0 Å². The van der Waals surface area contributed by atoms with Crippen LogP contribution in [0.3, 0.4) is 0 Å². The Bertz CT molecular complexity index is 1190. The molecule has 1 atom stereocenters. The Balaban J connectivity index is 1.84. The topological polar surface area (TPSA) is 66.5 Å². The molecule has 168 valence electrons. The number of amides is 1. The fourth-order valence-electron chi connectivity index (χ4n) is 3.08. The minimum atomic E-state index is -3.95. The molecule has 0 aromatic heterocycles. The van der Waals surface area contributed by atoms with Crippen LogP contribution in [0.5, 0.6) is 0 Å². The van der Waals surface area contributed by atoms with Gasteiger partial charge in [0.15, 0.2) is 0 Å². The summed E-state index contributed by atoms with van der Waals surface area (Å²) in [7, 11) is -3.95. The van der Waals surface area contributed by atoms with Crippen molar-refractivity contribution < 1.29 is 13.2 Å². The molecular weight excluding hydrogens is 580 g/mol. The Kier molecular flexibility index (Phi) is 8.52. The van der Waals surface area contributed by atoms with Gasteiger partial charge >= 0.3 is 0 Å². The fourth-order valence-corrected chi connectivity index (χ4v) is 5.18. The standard InChI is InChI=1S/C23H21Br2ClN2O3S/c1-16(17-6-8-19(24)9-7-17)27-23(29)15-28(14-18-4-2-3-5-22(18)26)32(30,31)21-12-10-20(25)11-13-21/h2-13,16H,14-15H2,1H3,(H,27,29). The number of sulfonamides is 1. The van der Waals surface area contributed by atoms with E-state index in [1.54, 1.807) is 36.4 Å². The second-order valence-corrected chi connectivity index (χ2v) is 11.3. The molecule has 0 saturated carbocycles. The first kappa shape index (κ1) is 24.9. The molecule has 3 rings (SSSR count). The van der Waals surface area contributed by atoms with Gasteiger partial charge in [0, 0.05) is 20.5 Å². The molecule has 32 heavy (non-hydrogen) atoms. The third kappa shape index (κ3) is 6.42. The molecule has 9 heteroatoms. The van der Waals surface area contributed by atoms with Crippen LogP contribution in [-0.2, 0) is 21.4 Å². The van der Waals surface area contributed by atoms with Gasteiger partial charge in [-0.3, -0.25) is 4.79 Å². The van der Waals surface area contributed by atoms with Crippen LogP contribution in [0.25, 0.3) is 0 Å². The molecule has 1 amide bonds. The lowest BCUT2D eigenvalue weighted by molar-refractivity contribution is -0.122. The highest BCUT2D eigenvalue weighted by Gasteiger charge is 2.28. The Hall–Kier alpha value is -1.71. The highest BCUT2D eigenvalue weighted by Crippen LogP contribution is 2.24. The zero-order valence-electron chi connectivity index (χ0n) is 17.1. The number of nitrogens with zero attached hydrogens (tertiary/aromatic N) is 1. The summed E-state index contributed by atoms with van der Waals surface area (Å²) < 4.78 is 29.6. The first-order valence-corrected chi connectivity index (χ1v) is 13.1. The van der Waals surface area contributed by atoms with Crippen LogP contribution in [0.2, 0.25) is 5.02 Å². The maximum atomic E-state index is 13.4. The molecule has 5 nitrogen and oxygen atoms in total. The van der Waals surface area contributed by atoms with E-state index in [1.807, 2.05) is 31.2 Å². The Labute approximate surface area is 210 Å². The summed E-state index contributed by atoms with van der Waals surface area (Å²) in [6, 6.07) is 20.6. The summed E-state index contributed by atoms with van der Waals surface area (Å²) >= 11 is 13.0. The van der Waals surface area contributed by atoms with E-state index in [0.29, 0.717) is 10.6 Å². The average molecular weight is 601 g/mol. The third-order valence-electron chi connectivity index (χ3n) is 4.82. The summed E-state index contributed by atoms with van der Waals surface area (Å²) in [6.07, 6.45) is 0. The molecule has 0 fully saturated rings. The monoisotopic (exact) mass is 598 g/mol. The predicted molar refractivity (Wildman–Crippen MR) is 134 cm³/mol. The lowest BCUT2D eigenvalue weighted by Crippen LogP contribution is -2.41. The quantitative estimate of drug-likeness (QED) is 0.349. The van der Waals surface area contributed by atoms with Gasteiger partial charge < -0.3 is 5.32 Å². The van der Waals surface area contributed by atoms with E-state index >= 15 is 0 Å². The molecule has 1 unspecified atom stereocenters. The number of carbonyl (C=O) groups excluding carboxylic acids is 1. The maximum Gasteiger partial charge on any atom is 0.243 e. The van der Waals surface area contributed by atoms with E-state index in [9.17, 15) is 13.2 Å². The van der Waals surface area contributed by atoms with Crippen LogP contribution in [0.1, 0.15) is 24.1 Å². The number of hydrogen-bond acceptors (Lipinski definition) is 3. The first-order valence-electron chi connectivity index (χ1n) is 9.71. The van der Waals surface area contributed by atoms with Crippen LogP contribution < -0.4 is 5.32 Å². The van der Waals surface area contributed by atoms with Crippen molar-refractivity contribution in [3.63, 3.8) is 0 Å². The zero-order valence-corrected chi connectivity index (χ0v) is 21.9. The van der Waals surface area contributed by atoms with E-state index in [2.05, 4.69) is 37.2 Å². The van der Waals surface area contributed by atoms with Crippen molar-refractivity contribution in [2.45, 2.75) is 24.4 Å². The number of hydrogen-bond donors (Lipinski definition) is 1. The number of benzene rings is 3. The molecule has 0 aliphatic rings. The predicted octanol–water partition coefficient (Wildman–Crippen LogP) is 5.93. The maximum absolute atomic E-state index is 13.4. The van der Waals surface area contributed by atoms with Gasteiger partial charge in [-0.15, -0.1) is 0 Å². The van der Waals surface area contributed by atoms with E-state index < -0.39 is 15.9 Å². The third-order valence-corrected chi connectivity index (χ3v) is 8.06. The van der Waals surface area contributed by atoms with E-state index in [1.165, 1.54) is 12.1 Å². The van der Waals surface area contributed by atoms with Gasteiger partial charge in [-0.1, -0.05) is 73.8 Å². The molecule has 1 N–H and O–H groups in total. The second kappa shape index (κ2) is 10.9. The van der Waals surface area contributed by atoms with E-state index in [4.69, 9.17) is 11.6 Å². The second-order valence-electron chi connectivity index (χ2n) is 7.16. The molecule has 0 aliphatic carbocycles. The van der Waals surface area contributed by atoms with Crippen LogP contribution >= 0.6 is 43.5 Å². The van der Waals surface area contributed by atoms with Gasteiger partial charge in [-0.2, -0.15) is 4.31 Å². The van der Waals surface area contributed by atoms with E-state index in [0.717, 1.165) is 18.8 Å². The fraction of sp³-hybridized carbons (Fsp3) is 0.174. The molecule has 0 bridgehead atoms. The van der Waals surface area contributed by atoms with Gasteiger partial charge in [0.2, 0.25) is 15.9 Å². The smallest absolute Gasteiger partial charge is 0.243 e. The molecular formula is C23H21Br2ClN2O3S. The van der Waals surface area contributed by atoms with Gasteiger partial charge in [0.1, 0.15) is 0 Å². The Morgan fingerprint density at radius 1 is 0.969 bits per heavy atom. The molecule has 0 radical (unpaired) electrons. The molecule has 0 spiro atoms. The summed E-state index contributed by atoms with van der Waals surface area (Å²) in [5, 5.41) is 3.32. The molecule has 0 saturated heterocycles. The molecule has 3 aromatic rings. The molecule has 0 aliphatic heterocycles. The van der Waals surface area contributed by atoms with Crippen LogP contribution in [0.15, 0.2) is 86.6 Å². The SMILES string of the molecule is CC(NC(=O)CN(Cc1ccccc1Cl)S(=O)(=O)c1ccc(Br)cc1)c1ccc(Br)cc1. The summed E-state index contributed by atoms with van der Waals surface area (Å²) in [5.41, 5.74) is 1.53. The van der Waals surface area contributed by atoms with Gasteiger partial charge in [-0.05, 0) is 60.5 Å². The number of carbonyl (C=O) groups is 1. The van der Waals surface area contributed by atoms with Crippen LogP contribution in [-0.4, -0.2) is 25.2 Å². The zero-order chi connectivity index (χ0) is 23.3. The van der Waals surface area contributed by atoms with Crippen molar-refractivity contribution in [1.29, 1.82) is 0 Å². The minimum absolute atomic E-state index is 0.0296. The largest absolute Gasteiger partial charge is 0.348 e. The lowest BCUT2D eigenvalue weighted by Gasteiger charge is -2.24. The van der Waals surface area contributed by atoms with Gasteiger partial charge in [0.25, 0.3) is 0 Å². The van der Waals surface area contributed by atoms with Crippen molar-refractivity contribution in [1.82, 2.24) is 9.62 Å². The van der Waals surface area contributed by atoms with Gasteiger partial charge in [-0.25, -0.2) is 8.42 Å². The first-order chi connectivity index (χ1) is 15.2.